The van der Waals surface area contributed by atoms with Crippen molar-refractivity contribution < 1.29 is 14.3 Å². The molecule has 0 aliphatic carbocycles. The third kappa shape index (κ3) is 4.97. The van der Waals surface area contributed by atoms with E-state index in [1.165, 1.54) is 13.4 Å². The summed E-state index contributed by atoms with van der Waals surface area (Å²) in [5.74, 6) is 1.13. The topological polar surface area (TPSA) is 99.7 Å². The minimum absolute atomic E-state index is 0.299. The van der Waals surface area contributed by atoms with Gasteiger partial charge in [0.05, 0.1) is 0 Å². The molecule has 0 bridgehead atoms. The second kappa shape index (κ2) is 7.33. The van der Waals surface area contributed by atoms with Crippen LogP contribution in [0.4, 0.5) is 21.2 Å². The minimum Gasteiger partial charge on any atom is -0.444 e. The molecule has 9 heteroatoms. The van der Waals surface area contributed by atoms with Gasteiger partial charge in [0.2, 0.25) is 0 Å². The molecule has 1 saturated heterocycles. The normalized spacial score (nSPS) is 15.0. The molecule has 9 nitrogen and oxygen atoms in total. The number of aromatic nitrogens is 2. The Morgan fingerprint density at radius 3 is 2.42 bits per heavy atom. The van der Waals surface area contributed by atoms with Crippen molar-refractivity contribution in [3.05, 3.63) is 12.4 Å². The summed E-state index contributed by atoms with van der Waals surface area (Å²) < 4.78 is 5.38. The Bertz CT molecular complexity index is 593. The van der Waals surface area contributed by atoms with Crippen molar-refractivity contribution in [1.82, 2.24) is 20.2 Å². The highest BCUT2D eigenvalue weighted by Crippen LogP contribution is 2.17. The largest absolute Gasteiger partial charge is 0.444 e. The summed E-state index contributed by atoms with van der Waals surface area (Å²) in [5, 5.41) is 5.08. The maximum atomic E-state index is 12.1. The molecule has 132 valence electrons. The molecule has 1 aliphatic heterocycles. The molecular formula is C15H24N6O3. The maximum absolute atomic E-state index is 12.1. The zero-order valence-electron chi connectivity index (χ0n) is 14.5. The lowest BCUT2D eigenvalue weighted by Gasteiger charge is -2.36. The van der Waals surface area contributed by atoms with Crippen molar-refractivity contribution in [2.75, 3.05) is 43.4 Å². The van der Waals surface area contributed by atoms with Crippen LogP contribution in [-0.4, -0.2) is 65.8 Å². The summed E-state index contributed by atoms with van der Waals surface area (Å²) in [6.45, 7) is 7.93. The molecule has 0 saturated carbocycles. The van der Waals surface area contributed by atoms with E-state index in [1.54, 1.807) is 11.0 Å². The van der Waals surface area contributed by atoms with Crippen LogP contribution in [0.2, 0.25) is 0 Å². The van der Waals surface area contributed by atoms with Gasteiger partial charge in [0, 0.05) is 39.3 Å². The van der Waals surface area contributed by atoms with Gasteiger partial charge in [-0.1, -0.05) is 0 Å². The van der Waals surface area contributed by atoms with Crippen molar-refractivity contribution in [2.24, 2.45) is 0 Å². The summed E-state index contributed by atoms with van der Waals surface area (Å²) in [4.78, 5) is 35.4. The third-order valence-electron chi connectivity index (χ3n) is 3.38. The Morgan fingerprint density at radius 1 is 1.17 bits per heavy atom. The van der Waals surface area contributed by atoms with Gasteiger partial charge in [-0.15, -0.1) is 0 Å². The molecule has 0 atom stereocenters. The Labute approximate surface area is 141 Å². The number of anilines is 2. The molecule has 1 fully saturated rings. The molecular weight excluding hydrogens is 312 g/mol. The van der Waals surface area contributed by atoms with Crippen molar-refractivity contribution in [1.29, 1.82) is 0 Å². The SMILES string of the molecule is CNC(=O)Nc1cc(N2CCN(C(=O)OC(C)(C)C)CC2)ncn1. The Hall–Kier alpha value is -2.58. The molecule has 1 aliphatic rings. The minimum atomic E-state index is -0.499. The molecule has 2 N–H and O–H groups in total. The van der Waals surface area contributed by atoms with Gasteiger partial charge in [0.15, 0.2) is 0 Å². The summed E-state index contributed by atoms with van der Waals surface area (Å²) >= 11 is 0. The average Bonchev–Trinajstić information content (AvgIpc) is 2.53. The Kier molecular flexibility index (Phi) is 5.42. The lowest BCUT2D eigenvalue weighted by molar-refractivity contribution is 0.0240. The Balaban J connectivity index is 1.93. The van der Waals surface area contributed by atoms with E-state index in [0.29, 0.717) is 37.8 Å². The standard InChI is InChI=1S/C15H24N6O3/c1-15(2,3)24-14(23)21-7-5-20(6-8-21)12-9-11(17-10-18-12)19-13(22)16-4/h9-10H,5-8H2,1-4H3,(H2,16,17,18,19,22). The van der Waals surface area contributed by atoms with Crippen LogP contribution in [0.25, 0.3) is 0 Å². The zero-order valence-corrected chi connectivity index (χ0v) is 14.5. The van der Waals surface area contributed by atoms with E-state index in [-0.39, 0.29) is 12.1 Å². The van der Waals surface area contributed by atoms with Crippen LogP contribution in [0.15, 0.2) is 12.4 Å². The van der Waals surface area contributed by atoms with Crippen molar-refractivity contribution in [3.63, 3.8) is 0 Å². The number of hydrogen-bond donors (Lipinski definition) is 2. The summed E-state index contributed by atoms with van der Waals surface area (Å²) in [5.41, 5.74) is -0.499. The van der Waals surface area contributed by atoms with E-state index in [4.69, 9.17) is 4.74 Å². The molecule has 1 aromatic rings. The first-order valence-corrected chi connectivity index (χ1v) is 7.82. The van der Waals surface area contributed by atoms with Gasteiger partial charge >= 0.3 is 12.1 Å². The molecule has 3 amide bonds. The van der Waals surface area contributed by atoms with Gasteiger partial charge in [0.25, 0.3) is 0 Å². The highest BCUT2D eigenvalue weighted by molar-refractivity contribution is 5.88. The predicted molar refractivity (Wildman–Crippen MR) is 90.1 cm³/mol. The fourth-order valence-corrected chi connectivity index (χ4v) is 2.21. The number of urea groups is 1. The van der Waals surface area contributed by atoms with E-state index in [1.807, 2.05) is 25.7 Å². The summed E-state index contributed by atoms with van der Waals surface area (Å²) in [6.07, 6.45) is 1.10. The fourth-order valence-electron chi connectivity index (χ4n) is 2.21. The first-order valence-electron chi connectivity index (χ1n) is 7.82. The Morgan fingerprint density at radius 2 is 1.83 bits per heavy atom. The van der Waals surface area contributed by atoms with Crippen LogP contribution in [0.1, 0.15) is 20.8 Å². The lowest BCUT2D eigenvalue weighted by atomic mass is 10.2. The number of amides is 3. The van der Waals surface area contributed by atoms with Crippen molar-refractivity contribution in [2.45, 2.75) is 26.4 Å². The predicted octanol–water partition coefficient (Wildman–Crippen LogP) is 1.28. The second-order valence-electron chi connectivity index (χ2n) is 6.42. The van der Waals surface area contributed by atoms with Crippen molar-refractivity contribution in [3.8, 4) is 0 Å². The number of nitrogens with zero attached hydrogens (tertiary/aromatic N) is 4. The summed E-state index contributed by atoms with van der Waals surface area (Å²) in [7, 11) is 1.54. The van der Waals surface area contributed by atoms with E-state index in [9.17, 15) is 9.59 Å². The number of ether oxygens (including phenoxy) is 1. The number of carbonyl (C=O) groups is 2. The van der Waals surface area contributed by atoms with Crippen LogP contribution in [0, 0.1) is 0 Å². The van der Waals surface area contributed by atoms with Gasteiger partial charge in [-0.25, -0.2) is 19.6 Å². The van der Waals surface area contributed by atoms with Crippen molar-refractivity contribution >= 4 is 23.8 Å². The molecule has 2 heterocycles. The number of rotatable bonds is 2. The maximum Gasteiger partial charge on any atom is 0.410 e. The van der Waals surface area contributed by atoms with Gasteiger partial charge in [-0.3, -0.25) is 5.32 Å². The number of piperazine rings is 1. The van der Waals surface area contributed by atoms with E-state index < -0.39 is 5.60 Å². The van der Waals surface area contributed by atoms with Crippen LogP contribution >= 0.6 is 0 Å². The van der Waals surface area contributed by atoms with E-state index >= 15 is 0 Å². The molecule has 0 spiro atoms. The lowest BCUT2D eigenvalue weighted by Crippen LogP contribution is -2.50. The number of hydrogen-bond acceptors (Lipinski definition) is 6. The first kappa shape index (κ1) is 17.8. The molecule has 0 unspecified atom stereocenters. The third-order valence-corrected chi connectivity index (χ3v) is 3.38. The first-order chi connectivity index (χ1) is 11.3. The van der Waals surface area contributed by atoms with Gasteiger partial charge in [-0.05, 0) is 20.8 Å². The smallest absolute Gasteiger partial charge is 0.410 e. The van der Waals surface area contributed by atoms with Gasteiger partial charge in [0.1, 0.15) is 23.6 Å². The number of carbonyl (C=O) groups excluding carboxylic acids is 2. The van der Waals surface area contributed by atoms with Crippen LogP contribution in [-0.2, 0) is 4.74 Å². The monoisotopic (exact) mass is 336 g/mol. The van der Waals surface area contributed by atoms with E-state index in [0.717, 1.165) is 0 Å². The summed E-state index contributed by atoms with van der Waals surface area (Å²) in [6, 6.07) is 1.37. The van der Waals surface area contributed by atoms with E-state index in [2.05, 4.69) is 20.6 Å². The average molecular weight is 336 g/mol. The molecule has 24 heavy (non-hydrogen) atoms. The molecule has 0 radical (unpaired) electrons. The molecule has 1 aromatic heterocycles. The zero-order chi connectivity index (χ0) is 17.7. The quantitative estimate of drug-likeness (QED) is 0.844. The number of nitrogens with one attached hydrogen (secondary N) is 2. The highest BCUT2D eigenvalue weighted by atomic mass is 16.6. The van der Waals surface area contributed by atoms with Crippen LogP contribution in [0.5, 0.6) is 0 Å². The molecule has 2 rings (SSSR count). The second-order valence-corrected chi connectivity index (χ2v) is 6.42. The molecule has 0 aromatic carbocycles. The van der Waals surface area contributed by atoms with Crippen LogP contribution in [0.3, 0.4) is 0 Å². The highest BCUT2D eigenvalue weighted by Gasteiger charge is 2.26. The van der Waals surface area contributed by atoms with Gasteiger partial charge < -0.3 is 19.9 Å². The fraction of sp³-hybridized carbons (Fsp3) is 0.600. The van der Waals surface area contributed by atoms with Gasteiger partial charge in [-0.2, -0.15) is 0 Å². The van der Waals surface area contributed by atoms with Crippen LogP contribution < -0.4 is 15.5 Å².